The number of carboxylic acids is 1. The Morgan fingerprint density at radius 3 is 2.80 bits per heavy atom. The second kappa shape index (κ2) is 3.79. The van der Waals surface area contributed by atoms with Crippen molar-refractivity contribution in [3.05, 3.63) is 47.2 Å². The van der Waals surface area contributed by atoms with Crippen LogP contribution in [0, 0.1) is 0 Å². The van der Waals surface area contributed by atoms with Crippen LogP contribution in [0.4, 0.5) is 0 Å². The number of rotatable bonds is 2. The summed E-state index contributed by atoms with van der Waals surface area (Å²) in [7, 11) is 0. The van der Waals surface area contributed by atoms with Crippen LogP contribution in [-0.2, 0) is 0 Å². The van der Waals surface area contributed by atoms with Crippen molar-refractivity contribution in [2.75, 3.05) is 0 Å². The first kappa shape index (κ1) is 9.80. The van der Waals surface area contributed by atoms with Gasteiger partial charge in [-0.25, -0.2) is 4.79 Å². The number of halogens is 1. The topological polar surface area (TPSA) is 53.1 Å². The number of hydrogen-bond acceptors (Lipinski definition) is 1. The molecule has 0 unspecified atom stereocenters. The Bertz CT molecular complexity index is 505. The van der Waals surface area contributed by atoms with Gasteiger partial charge in [0, 0.05) is 16.8 Å². The molecule has 0 radical (unpaired) electrons. The van der Waals surface area contributed by atoms with Crippen LogP contribution in [0.15, 0.2) is 36.5 Å². The quantitative estimate of drug-likeness (QED) is 0.819. The van der Waals surface area contributed by atoms with Gasteiger partial charge in [0.05, 0.1) is 0 Å². The van der Waals surface area contributed by atoms with E-state index in [0.717, 1.165) is 5.56 Å². The second-order valence-electron chi connectivity index (χ2n) is 3.08. The van der Waals surface area contributed by atoms with Crippen LogP contribution in [0.1, 0.15) is 10.5 Å². The summed E-state index contributed by atoms with van der Waals surface area (Å²) in [6, 6.07) is 8.81. The molecule has 0 bridgehead atoms. The Hall–Kier alpha value is -1.74. The molecule has 2 N–H and O–H groups in total. The number of benzene rings is 1. The smallest absolute Gasteiger partial charge is 0.352 e. The zero-order valence-electron chi connectivity index (χ0n) is 7.70. The van der Waals surface area contributed by atoms with Crippen molar-refractivity contribution in [2.45, 2.75) is 0 Å². The van der Waals surface area contributed by atoms with Gasteiger partial charge in [-0.15, -0.1) is 0 Å². The molecule has 2 rings (SSSR count). The summed E-state index contributed by atoms with van der Waals surface area (Å²) in [5, 5.41) is 9.51. The summed E-state index contributed by atoms with van der Waals surface area (Å²) in [4.78, 5) is 13.6. The first-order valence-electron chi connectivity index (χ1n) is 4.35. The third-order valence-corrected chi connectivity index (χ3v) is 2.33. The van der Waals surface area contributed by atoms with Gasteiger partial charge in [0.15, 0.2) is 0 Å². The van der Waals surface area contributed by atoms with Crippen LogP contribution in [-0.4, -0.2) is 16.1 Å². The minimum absolute atomic E-state index is 0.178. The van der Waals surface area contributed by atoms with Gasteiger partial charge in [0.1, 0.15) is 5.69 Å². The van der Waals surface area contributed by atoms with Gasteiger partial charge in [-0.05, 0) is 23.8 Å². The molecule has 0 atom stereocenters. The Morgan fingerprint density at radius 2 is 2.13 bits per heavy atom. The molecule has 0 spiro atoms. The van der Waals surface area contributed by atoms with Crippen molar-refractivity contribution in [1.29, 1.82) is 0 Å². The molecule has 3 nitrogen and oxygen atoms in total. The summed E-state index contributed by atoms with van der Waals surface area (Å²) < 4.78 is 0. The lowest BCUT2D eigenvalue weighted by Gasteiger charge is -2.00. The largest absolute Gasteiger partial charge is 0.477 e. The number of hydrogen-bond donors (Lipinski definition) is 2. The maximum absolute atomic E-state index is 10.9. The number of nitrogens with one attached hydrogen (secondary N) is 1. The highest BCUT2D eigenvalue weighted by Gasteiger charge is 2.12. The maximum atomic E-state index is 10.9. The minimum atomic E-state index is -0.977. The van der Waals surface area contributed by atoms with E-state index < -0.39 is 5.97 Å². The van der Waals surface area contributed by atoms with Crippen LogP contribution < -0.4 is 0 Å². The molecule has 0 aliphatic heterocycles. The van der Waals surface area contributed by atoms with Gasteiger partial charge >= 0.3 is 5.97 Å². The fourth-order valence-corrected chi connectivity index (χ4v) is 1.63. The monoisotopic (exact) mass is 221 g/mol. The molecule has 15 heavy (non-hydrogen) atoms. The third kappa shape index (κ3) is 1.87. The van der Waals surface area contributed by atoms with Crippen LogP contribution in [0.2, 0.25) is 5.02 Å². The van der Waals surface area contributed by atoms with Crippen molar-refractivity contribution in [1.82, 2.24) is 4.98 Å². The van der Waals surface area contributed by atoms with Crippen LogP contribution in [0.5, 0.6) is 0 Å². The van der Waals surface area contributed by atoms with E-state index in [-0.39, 0.29) is 5.69 Å². The Morgan fingerprint density at radius 1 is 1.33 bits per heavy atom. The van der Waals surface area contributed by atoms with Gasteiger partial charge in [-0.2, -0.15) is 0 Å². The van der Waals surface area contributed by atoms with E-state index >= 15 is 0 Å². The Kier molecular flexibility index (Phi) is 2.47. The van der Waals surface area contributed by atoms with E-state index in [1.807, 2.05) is 6.07 Å². The van der Waals surface area contributed by atoms with Crippen LogP contribution in [0.3, 0.4) is 0 Å². The summed E-state index contributed by atoms with van der Waals surface area (Å²) >= 11 is 5.84. The SMILES string of the molecule is O=C(O)c1[nH]ccc1-c1cccc(Cl)c1. The zero-order chi connectivity index (χ0) is 10.8. The number of aromatic carboxylic acids is 1. The van der Waals surface area contributed by atoms with E-state index in [1.165, 1.54) is 0 Å². The molecule has 0 aliphatic carbocycles. The summed E-state index contributed by atoms with van der Waals surface area (Å²) in [5.41, 5.74) is 1.61. The van der Waals surface area contributed by atoms with Crippen molar-refractivity contribution in [3.63, 3.8) is 0 Å². The van der Waals surface area contributed by atoms with Crippen LogP contribution in [0.25, 0.3) is 11.1 Å². The van der Waals surface area contributed by atoms with E-state index in [9.17, 15) is 4.79 Å². The zero-order valence-corrected chi connectivity index (χ0v) is 8.45. The summed E-state index contributed by atoms with van der Waals surface area (Å²) in [5.74, 6) is -0.977. The van der Waals surface area contributed by atoms with Crippen LogP contribution >= 0.6 is 11.6 Å². The normalized spacial score (nSPS) is 10.2. The van der Waals surface area contributed by atoms with E-state index in [2.05, 4.69) is 4.98 Å². The highest BCUT2D eigenvalue weighted by Crippen LogP contribution is 2.25. The van der Waals surface area contributed by atoms with E-state index in [0.29, 0.717) is 10.6 Å². The Balaban J connectivity index is 2.54. The molecule has 0 amide bonds. The van der Waals surface area contributed by atoms with Crippen molar-refractivity contribution < 1.29 is 9.90 Å². The number of H-pyrrole nitrogens is 1. The first-order chi connectivity index (χ1) is 7.18. The molecule has 4 heteroatoms. The first-order valence-corrected chi connectivity index (χ1v) is 4.73. The lowest BCUT2D eigenvalue weighted by molar-refractivity contribution is 0.0692. The molecule has 0 saturated carbocycles. The third-order valence-electron chi connectivity index (χ3n) is 2.10. The summed E-state index contributed by atoms with van der Waals surface area (Å²) in [6.45, 7) is 0. The number of carbonyl (C=O) groups is 1. The fourth-order valence-electron chi connectivity index (χ4n) is 1.44. The van der Waals surface area contributed by atoms with Crippen molar-refractivity contribution in [3.8, 4) is 11.1 Å². The van der Waals surface area contributed by atoms with E-state index in [1.54, 1.807) is 30.5 Å². The fraction of sp³-hybridized carbons (Fsp3) is 0. The molecular formula is C11H8ClNO2. The predicted molar refractivity (Wildman–Crippen MR) is 58.2 cm³/mol. The molecule has 0 saturated heterocycles. The number of aromatic nitrogens is 1. The van der Waals surface area contributed by atoms with Gasteiger partial charge in [0.2, 0.25) is 0 Å². The molecule has 1 aromatic heterocycles. The van der Waals surface area contributed by atoms with E-state index in [4.69, 9.17) is 16.7 Å². The average molecular weight is 222 g/mol. The molecule has 76 valence electrons. The lowest BCUT2D eigenvalue weighted by atomic mass is 10.1. The highest BCUT2D eigenvalue weighted by molar-refractivity contribution is 6.30. The van der Waals surface area contributed by atoms with Gasteiger partial charge < -0.3 is 10.1 Å². The molecule has 1 aromatic carbocycles. The lowest BCUT2D eigenvalue weighted by Crippen LogP contribution is -1.98. The molecule has 0 aliphatic rings. The molecule has 2 aromatic rings. The minimum Gasteiger partial charge on any atom is -0.477 e. The second-order valence-corrected chi connectivity index (χ2v) is 3.52. The van der Waals surface area contributed by atoms with Crippen molar-refractivity contribution in [2.24, 2.45) is 0 Å². The van der Waals surface area contributed by atoms with Gasteiger partial charge in [0.25, 0.3) is 0 Å². The summed E-state index contributed by atoms with van der Waals surface area (Å²) in [6.07, 6.45) is 1.60. The van der Waals surface area contributed by atoms with Gasteiger partial charge in [-0.1, -0.05) is 23.7 Å². The molecule has 1 heterocycles. The number of aromatic amines is 1. The predicted octanol–water partition coefficient (Wildman–Crippen LogP) is 3.03. The molecule has 0 fully saturated rings. The average Bonchev–Trinajstić information content (AvgIpc) is 2.65. The molecular weight excluding hydrogens is 214 g/mol. The Labute approximate surface area is 91.3 Å². The highest BCUT2D eigenvalue weighted by atomic mass is 35.5. The maximum Gasteiger partial charge on any atom is 0.352 e. The van der Waals surface area contributed by atoms with Crippen molar-refractivity contribution >= 4 is 17.6 Å². The number of carboxylic acid groups (broad SMARTS) is 1. The van der Waals surface area contributed by atoms with Gasteiger partial charge in [-0.3, -0.25) is 0 Å². The standard InChI is InChI=1S/C11H8ClNO2/c12-8-3-1-2-7(6-8)9-4-5-13-10(9)11(14)15/h1-6,13H,(H,14,15).